The highest BCUT2D eigenvalue weighted by atomic mass is 32.1. The quantitative estimate of drug-likeness (QED) is 0.863. The largest absolute Gasteiger partial charge is 0.363 e. The van der Waals surface area contributed by atoms with Crippen molar-refractivity contribution in [3.05, 3.63) is 16.1 Å². The van der Waals surface area contributed by atoms with Crippen molar-refractivity contribution in [1.29, 1.82) is 0 Å². The number of carbonyl (C=O) groups excluding carboxylic acids is 2. The number of aromatic nitrogens is 1. The molecule has 21 heavy (non-hydrogen) atoms. The van der Waals surface area contributed by atoms with Gasteiger partial charge in [-0.2, -0.15) is 0 Å². The van der Waals surface area contributed by atoms with Crippen LogP contribution in [0.3, 0.4) is 0 Å². The fraction of sp³-hybridized carbons (Fsp3) is 0.643. The van der Waals surface area contributed by atoms with Gasteiger partial charge in [-0.25, -0.2) is 4.98 Å². The van der Waals surface area contributed by atoms with Crippen molar-refractivity contribution in [2.45, 2.75) is 31.8 Å². The maximum atomic E-state index is 12.3. The molecule has 2 saturated heterocycles. The van der Waals surface area contributed by atoms with E-state index in [9.17, 15) is 9.59 Å². The van der Waals surface area contributed by atoms with Crippen LogP contribution in [-0.4, -0.2) is 53.5 Å². The summed E-state index contributed by atoms with van der Waals surface area (Å²) in [6.45, 7) is 3.98. The molecule has 2 aliphatic heterocycles. The number of hydrogen-bond donors (Lipinski definition) is 1. The summed E-state index contributed by atoms with van der Waals surface area (Å²) in [4.78, 5) is 29.7. The Kier molecular flexibility index (Phi) is 3.95. The van der Waals surface area contributed by atoms with Crippen LogP contribution in [-0.2, 0) is 20.7 Å². The number of aryl methyl sites for hydroxylation is 1. The molecule has 0 unspecified atom stereocenters. The van der Waals surface area contributed by atoms with Gasteiger partial charge in [0.15, 0.2) is 0 Å². The molecule has 7 heteroatoms. The SMILES string of the molecule is Cc1nc(CC(=O)N2CCC3(CC2)CNC(=O)CO3)cs1. The molecule has 0 atom stereocenters. The normalized spacial score (nSPS) is 21.4. The first-order valence-corrected chi connectivity index (χ1v) is 8.04. The van der Waals surface area contributed by atoms with Crippen LogP contribution in [0.1, 0.15) is 23.5 Å². The molecule has 6 nitrogen and oxygen atoms in total. The minimum Gasteiger partial charge on any atom is -0.363 e. The molecule has 1 spiro atoms. The minimum atomic E-state index is -0.276. The van der Waals surface area contributed by atoms with E-state index >= 15 is 0 Å². The van der Waals surface area contributed by atoms with Crippen molar-refractivity contribution in [1.82, 2.24) is 15.2 Å². The molecular formula is C14H19N3O3S. The Morgan fingerprint density at radius 1 is 1.52 bits per heavy atom. The van der Waals surface area contributed by atoms with Gasteiger partial charge in [0.25, 0.3) is 0 Å². The lowest BCUT2D eigenvalue weighted by molar-refractivity contribution is -0.154. The molecule has 1 N–H and O–H groups in total. The van der Waals surface area contributed by atoms with Crippen LogP contribution >= 0.6 is 11.3 Å². The summed E-state index contributed by atoms with van der Waals surface area (Å²) < 4.78 is 5.71. The summed E-state index contributed by atoms with van der Waals surface area (Å²) in [5, 5.41) is 5.78. The molecule has 0 aliphatic carbocycles. The van der Waals surface area contributed by atoms with Gasteiger partial charge in [0.1, 0.15) is 6.61 Å². The zero-order chi connectivity index (χ0) is 14.9. The zero-order valence-electron chi connectivity index (χ0n) is 12.1. The van der Waals surface area contributed by atoms with E-state index in [1.807, 2.05) is 17.2 Å². The lowest BCUT2D eigenvalue weighted by atomic mass is 9.90. The van der Waals surface area contributed by atoms with Crippen LogP contribution in [0.2, 0.25) is 0 Å². The molecule has 0 bridgehead atoms. The van der Waals surface area contributed by atoms with Gasteiger partial charge < -0.3 is 15.0 Å². The van der Waals surface area contributed by atoms with Crippen molar-refractivity contribution >= 4 is 23.2 Å². The number of carbonyl (C=O) groups is 2. The number of morpholine rings is 1. The summed E-state index contributed by atoms with van der Waals surface area (Å²) in [5.74, 6) is 0.0630. The van der Waals surface area contributed by atoms with E-state index in [0.29, 0.717) is 26.1 Å². The maximum absolute atomic E-state index is 12.3. The summed E-state index contributed by atoms with van der Waals surface area (Å²) in [6.07, 6.45) is 1.92. The average molecular weight is 309 g/mol. The van der Waals surface area contributed by atoms with Crippen molar-refractivity contribution in [2.75, 3.05) is 26.2 Å². The number of thiazole rings is 1. The van der Waals surface area contributed by atoms with E-state index in [1.165, 1.54) is 0 Å². The van der Waals surface area contributed by atoms with Crippen LogP contribution < -0.4 is 5.32 Å². The van der Waals surface area contributed by atoms with Crippen LogP contribution in [0.25, 0.3) is 0 Å². The molecule has 0 saturated carbocycles. The lowest BCUT2D eigenvalue weighted by Gasteiger charge is -2.43. The number of piperidine rings is 1. The summed E-state index contributed by atoms with van der Waals surface area (Å²) in [7, 11) is 0. The second kappa shape index (κ2) is 5.73. The second-order valence-corrected chi connectivity index (χ2v) is 6.73. The molecule has 0 radical (unpaired) electrons. The van der Waals surface area contributed by atoms with Gasteiger partial charge in [-0.3, -0.25) is 9.59 Å². The van der Waals surface area contributed by atoms with Crippen molar-refractivity contribution in [2.24, 2.45) is 0 Å². The van der Waals surface area contributed by atoms with Gasteiger partial charge in [-0.1, -0.05) is 0 Å². The number of nitrogens with zero attached hydrogens (tertiary/aromatic N) is 2. The van der Waals surface area contributed by atoms with Gasteiger partial charge in [-0.15, -0.1) is 11.3 Å². The Morgan fingerprint density at radius 3 is 2.86 bits per heavy atom. The summed E-state index contributed by atoms with van der Waals surface area (Å²) in [5.41, 5.74) is 0.575. The molecular weight excluding hydrogens is 290 g/mol. The topological polar surface area (TPSA) is 71.5 Å². The zero-order valence-corrected chi connectivity index (χ0v) is 12.9. The molecule has 2 aliphatic rings. The standard InChI is InChI=1S/C14H19N3O3S/c1-10-16-11(8-21-10)6-13(19)17-4-2-14(3-5-17)9-15-12(18)7-20-14/h8H,2-7,9H2,1H3,(H,15,18). The first-order chi connectivity index (χ1) is 10.1. The Bertz CT molecular complexity index is 537. The lowest BCUT2D eigenvalue weighted by Crippen LogP contribution is -2.58. The van der Waals surface area contributed by atoms with Crippen molar-refractivity contribution < 1.29 is 14.3 Å². The van der Waals surface area contributed by atoms with Gasteiger partial charge in [-0.05, 0) is 19.8 Å². The van der Waals surface area contributed by atoms with Gasteiger partial charge in [0.2, 0.25) is 11.8 Å². The minimum absolute atomic E-state index is 0.0574. The van der Waals surface area contributed by atoms with Crippen LogP contribution in [0.5, 0.6) is 0 Å². The predicted octanol–water partition coefficient (Wildman–Crippen LogP) is 0.502. The molecule has 3 heterocycles. The molecule has 3 rings (SSSR count). The first kappa shape index (κ1) is 14.5. The first-order valence-electron chi connectivity index (χ1n) is 7.16. The highest BCUT2D eigenvalue weighted by molar-refractivity contribution is 7.09. The van der Waals surface area contributed by atoms with E-state index < -0.39 is 0 Å². The van der Waals surface area contributed by atoms with Crippen LogP contribution in [0.4, 0.5) is 0 Å². The molecule has 0 aromatic carbocycles. The third kappa shape index (κ3) is 3.24. The van der Waals surface area contributed by atoms with Crippen molar-refractivity contribution in [3.63, 3.8) is 0 Å². The summed E-state index contributed by atoms with van der Waals surface area (Å²) in [6, 6.07) is 0. The van der Waals surface area contributed by atoms with Crippen LogP contribution in [0, 0.1) is 6.92 Å². The highest BCUT2D eigenvalue weighted by Gasteiger charge is 2.39. The third-order valence-corrected chi connectivity index (χ3v) is 4.97. The monoisotopic (exact) mass is 309 g/mol. The maximum Gasteiger partial charge on any atom is 0.246 e. The Balaban J connectivity index is 1.53. The summed E-state index contributed by atoms with van der Waals surface area (Å²) >= 11 is 1.57. The van der Waals surface area contributed by atoms with E-state index in [0.717, 1.165) is 23.5 Å². The Hall–Kier alpha value is -1.47. The second-order valence-electron chi connectivity index (χ2n) is 5.66. The molecule has 2 amide bonds. The van der Waals surface area contributed by atoms with Gasteiger partial charge in [0.05, 0.1) is 22.7 Å². The van der Waals surface area contributed by atoms with E-state index in [4.69, 9.17) is 4.74 Å². The smallest absolute Gasteiger partial charge is 0.246 e. The fourth-order valence-electron chi connectivity index (χ4n) is 2.82. The van der Waals surface area contributed by atoms with Crippen molar-refractivity contribution in [3.8, 4) is 0 Å². The highest BCUT2D eigenvalue weighted by Crippen LogP contribution is 2.28. The van der Waals surface area contributed by atoms with E-state index in [1.54, 1.807) is 11.3 Å². The van der Waals surface area contributed by atoms with Gasteiger partial charge in [0, 0.05) is 25.0 Å². The molecule has 1 aromatic rings. The molecule has 1 aromatic heterocycles. The number of nitrogens with one attached hydrogen (secondary N) is 1. The Labute approximate surface area is 127 Å². The number of ether oxygens (including phenoxy) is 1. The molecule has 114 valence electrons. The third-order valence-electron chi connectivity index (χ3n) is 4.14. The predicted molar refractivity (Wildman–Crippen MR) is 78.1 cm³/mol. The van der Waals surface area contributed by atoms with E-state index in [2.05, 4.69) is 10.3 Å². The number of likely N-dealkylation sites (tertiary alicyclic amines) is 1. The number of amides is 2. The fourth-order valence-corrected chi connectivity index (χ4v) is 3.43. The van der Waals surface area contributed by atoms with Gasteiger partial charge >= 0.3 is 0 Å². The average Bonchev–Trinajstić information content (AvgIpc) is 2.88. The Morgan fingerprint density at radius 2 is 2.29 bits per heavy atom. The number of hydrogen-bond acceptors (Lipinski definition) is 5. The molecule has 2 fully saturated rings. The van der Waals surface area contributed by atoms with Crippen LogP contribution in [0.15, 0.2) is 5.38 Å². The van der Waals surface area contributed by atoms with E-state index in [-0.39, 0.29) is 24.0 Å². The number of rotatable bonds is 2.